The van der Waals surface area contributed by atoms with Crippen LogP contribution in [0, 0.1) is 11.6 Å². The fraction of sp³-hybridized carbons (Fsp3) is 0.227. The van der Waals surface area contributed by atoms with Crippen molar-refractivity contribution in [2.45, 2.75) is 26.0 Å². The third kappa shape index (κ3) is 5.97. The molecule has 156 valence electrons. The molecule has 0 aliphatic rings. The summed E-state index contributed by atoms with van der Waals surface area (Å²) in [7, 11) is 0. The minimum absolute atomic E-state index is 0.0474. The van der Waals surface area contributed by atoms with Crippen LogP contribution in [0.5, 0.6) is 0 Å². The maximum Gasteiger partial charge on any atom is 0.306 e. The average Bonchev–Trinajstić information content (AvgIpc) is 3.17. The van der Waals surface area contributed by atoms with E-state index in [9.17, 15) is 18.4 Å². The summed E-state index contributed by atoms with van der Waals surface area (Å²) < 4.78 is 33.6. The molecule has 6 nitrogen and oxygen atoms in total. The van der Waals surface area contributed by atoms with Gasteiger partial charge in [0.15, 0.2) is 0 Å². The fourth-order valence-corrected chi connectivity index (χ4v) is 2.83. The smallest absolute Gasteiger partial charge is 0.306 e. The van der Waals surface area contributed by atoms with Crippen molar-refractivity contribution in [1.82, 2.24) is 14.9 Å². The topological polar surface area (TPSA) is 73.2 Å². The summed E-state index contributed by atoms with van der Waals surface area (Å²) in [4.78, 5) is 28.0. The lowest BCUT2D eigenvalue weighted by atomic mass is 10.2. The van der Waals surface area contributed by atoms with Gasteiger partial charge in [0, 0.05) is 38.0 Å². The summed E-state index contributed by atoms with van der Waals surface area (Å²) in [5.74, 6) is -2.14. The van der Waals surface area contributed by atoms with E-state index in [0.29, 0.717) is 24.9 Å². The van der Waals surface area contributed by atoms with Gasteiger partial charge in [-0.1, -0.05) is 30.3 Å². The van der Waals surface area contributed by atoms with Gasteiger partial charge in [-0.15, -0.1) is 0 Å². The van der Waals surface area contributed by atoms with Crippen molar-refractivity contribution >= 4 is 11.9 Å². The molecule has 1 amide bonds. The highest BCUT2D eigenvalue weighted by Gasteiger charge is 2.13. The van der Waals surface area contributed by atoms with Crippen molar-refractivity contribution in [1.29, 1.82) is 0 Å². The van der Waals surface area contributed by atoms with Crippen LogP contribution in [-0.2, 0) is 22.7 Å². The van der Waals surface area contributed by atoms with Gasteiger partial charge in [0.2, 0.25) is 0 Å². The number of aromatic nitrogens is 2. The summed E-state index contributed by atoms with van der Waals surface area (Å²) >= 11 is 0. The largest absolute Gasteiger partial charge is 0.458 e. The van der Waals surface area contributed by atoms with Crippen LogP contribution < -0.4 is 5.32 Å². The molecule has 1 heterocycles. The zero-order chi connectivity index (χ0) is 21.3. The van der Waals surface area contributed by atoms with Crippen LogP contribution in [0.4, 0.5) is 8.78 Å². The number of esters is 1. The van der Waals surface area contributed by atoms with Crippen molar-refractivity contribution in [3.05, 3.63) is 89.5 Å². The summed E-state index contributed by atoms with van der Waals surface area (Å²) in [6, 6.07) is 12.6. The molecule has 0 saturated heterocycles. The number of hydrogen-bond acceptors (Lipinski definition) is 4. The van der Waals surface area contributed by atoms with Gasteiger partial charge < -0.3 is 14.6 Å². The summed E-state index contributed by atoms with van der Waals surface area (Å²) in [6.07, 6.45) is 3.88. The van der Waals surface area contributed by atoms with Crippen LogP contribution in [0.25, 0.3) is 0 Å². The number of nitrogens with one attached hydrogen (secondary N) is 1. The molecule has 0 unspecified atom stereocenters. The number of hydrogen-bond donors (Lipinski definition) is 1. The van der Waals surface area contributed by atoms with E-state index in [1.807, 2.05) is 41.1 Å². The molecule has 0 atom stereocenters. The van der Waals surface area contributed by atoms with Gasteiger partial charge >= 0.3 is 5.97 Å². The molecule has 0 spiro atoms. The van der Waals surface area contributed by atoms with E-state index in [-0.39, 0.29) is 25.1 Å². The monoisotopic (exact) mass is 413 g/mol. The predicted molar refractivity (Wildman–Crippen MR) is 105 cm³/mol. The van der Waals surface area contributed by atoms with E-state index in [4.69, 9.17) is 4.74 Å². The first-order chi connectivity index (χ1) is 14.5. The molecular formula is C22H21F2N3O3. The van der Waals surface area contributed by atoms with Crippen LogP contribution in [0.15, 0.2) is 60.9 Å². The molecule has 8 heteroatoms. The van der Waals surface area contributed by atoms with Gasteiger partial charge in [0.25, 0.3) is 5.91 Å². The van der Waals surface area contributed by atoms with Crippen LogP contribution in [0.3, 0.4) is 0 Å². The van der Waals surface area contributed by atoms with Gasteiger partial charge in [0.1, 0.15) is 24.1 Å². The van der Waals surface area contributed by atoms with Crippen molar-refractivity contribution in [2.24, 2.45) is 0 Å². The second-order valence-electron chi connectivity index (χ2n) is 6.60. The Balaban J connectivity index is 1.39. The molecule has 1 aromatic heterocycles. The molecule has 3 rings (SSSR count). The molecular weight excluding hydrogens is 392 g/mol. The molecule has 2 aromatic carbocycles. The quantitative estimate of drug-likeness (QED) is 0.431. The molecule has 30 heavy (non-hydrogen) atoms. The number of ether oxygens (including phenoxy) is 1. The van der Waals surface area contributed by atoms with Crippen LogP contribution in [-0.4, -0.2) is 28.0 Å². The SMILES string of the molecule is O=C(CCCNC(=O)c1ccc(F)cc1F)OCc1nccn1Cc1ccccc1. The number of imidazole rings is 1. The molecule has 0 saturated carbocycles. The van der Waals surface area contributed by atoms with Crippen LogP contribution >= 0.6 is 0 Å². The average molecular weight is 413 g/mol. The molecule has 0 aliphatic carbocycles. The number of nitrogens with zero attached hydrogens (tertiary/aromatic N) is 2. The second kappa shape index (κ2) is 10.3. The zero-order valence-corrected chi connectivity index (χ0v) is 16.2. The molecule has 0 fully saturated rings. The van der Waals surface area contributed by atoms with Gasteiger partial charge in [-0.2, -0.15) is 0 Å². The van der Waals surface area contributed by atoms with Gasteiger partial charge in [-0.05, 0) is 24.1 Å². The fourth-order valence-electron chi connectivity index (χ4n) is 2.83. The van der Waals surface area contributed by atoms with Crippen molar-refractivity contribution in [2.75, 3.05) is 6.54 Å². The highest BCUT2D eigenvalue weighted by atomic mass is 19.1. The minimum Gasteiger partial charge on any atom is -0.458 e. The summed E-state index contributed by atoms with van der Waals surface area (Å²) in [6.45, 7) is 0.832. The highest BCUT2D eigenvalue weighted by Crippen LogP contribution is 2.10. The molecule has 1 N–H and O–H groups in total. The number of benzene rings is 2. The Hall–Kier alpha value is -3.55. The summed E-state index contributed by atoms with van der Waals surface area (Å²) in [5.41, 5.74) is 0.862. The van der Waals surface area contributed by atoms with E-state index in [2.05, 4.69) is 10.3 Å². The number of rotatable bonds is 9. The van der Waals surface area contributed by atoms with Crippen LogP contribution in [0.1, 0.15) is 34.6 Å². The minimum atomic E-state index is -0.932. The lowest BCUT2D eigenvalue weighted by Gasteiger charge is -2.09. The zero-order valence-electron chi connectivity index (χ0n) is 16.2. The Labute approximate surface area is 172 Å². The molecule has 0 radical (unpaired) electrons. The Morgan fingerprint density at radius 2 is 1.90 bits per heavy atom. The van der Waals surface area contributed by atoms with Crippen LogP contribution in [0.2, 0.25) is 0 Å². The Morgan fingerprint density at radius 1 is 1.10 bits per heavy atom. The normalized spacial score (nSPS) is 10.6. The lowest BCUT2D eigenvalue weighted by Crippen LogP contribution is -2.26. The molecule has 0 bridgehead atoms. The van der Waals surface area contributed by atoms with E-state index in [1.54, 1.807) is 6.20 Å². The molecule has 3 aromatic rings. The van der Waals surface area contributed by atoms with E-state index in [1.165, 1.54) is 0 Å². The van der Waals surface area contributed by atoms with E-state index >= 15 is 0 Å². The Bertz CT molecular complexity index is 1010. The lowest BCUT2D eigenvalue weighted by molar-refractivity contribution is -0.145. The van der Waals surface area contributed by atoms with E-state index < -0.39 is 23.5 Å². The Morgan fingerprint density at radius 3 is 2.67 bits per heavy atom. The summed E-state index contributed by atoms with van der Waals surface area (Å²) in [5, 5.41) is 2.50. The maximum atomic E-state index is 13.6. The standard InChI is InChI=1S/C22H21F2N3O3/c23-17-8-9-18(19(24)13-17)22(29)26-10-4-7-21(28)30-15-20-25-11-12-27(20)14-16-5-2-1-3-6-16/h1-3,5-6,8-9,11-13H,4,7,10,14-15H2,(H,26,29). The Kier molecular flexibility index (Phi) is 7.26. The van der Waals surface area contributed by atoms with Crippen molar-refractivity contribution in [3.63, 3.8) is 0 Å². The van der Waals surface area contributed by atoms with Gasteiger partial charge in [-0.25, -0.2) is 13.8 Å². The highest BCUT2D eigenvalue weighted by molar-refractivity contribution is 5.94. The number of carbonyl (C=O) groups excluding carboxylic acids is 2. The maximum absolute atomic E-state index is 13.6. The third-order valence-corrected chi connectivity index (χ3v) is 4.38. The first-order valence-corrected chi connectivity index (χ1v) is 9.46. The van der Waals surface area contributed by atoms with E-state index in [0.717, 1.165) is 17.7 Å². The number of amides is 1. The first-order valence-electron chi connectivity index (χ1n) is 9.46. The molecule has 0 aliphatic heterocycles. The number of halogens is 2. The van der Waals surface area contributed by atoms with Gasteiger partial charge in [-0.3, -0.25) is 9.59 Å². The second-order valence-corrected chi connectivity index (χ2v) is 6.60. The first kappa shape index (κ1) is 21.2. The van der Waals surface area contributed by atoms with Crippen molar-refractivity contribution < 1.29 is 23.1 Å². The van der Waals surface area contributed by atoms with Crippen molar-refractivity contribution in [3.8, 4) is 0 Å². The van der Waals surface area contributed by atoms with Gasteiger partial charge in [0.05, 0.1) is 5.56 Å². The third-order valence-electron chi connectivity index (χ3n) is 4.38. The predicted octanol–water partition coefficient (Wildman–Crippen LogP) is 3.46. The number of carbonyl (C=O) groups is 2.